The smallest absolute Gasteiger partial charge is 0.335 e. The highest BCUT2D eigenvalue weighted by Gasteiger charge is 2.18. The topological polar surface area (TPSA) is 40.5 Å². The molecule has 1 fully saturated rings. The van der Waals surface area contributed by atoms with Gasteiger partial charge in [0.15, 0.2) is 0 Å². The van der Waals surface area contributed by atoms with E-state index >= 15 is 0 Å². The number of hydrogen-bond donors (Lipinski definition) is 1. The van der Waals surface area contributed by atoms with Crippen LogP contribution in [0.5, 0.6) is 0 Å². The Balaban J connectivity index is 1.91. The summed E-state index contributed by atoms with van der Waals surface area (Å²) in [5, 5.41) is 9.30. The van der Waals surface area contributed by atoms with E-state index in [-0.39, 0.29) is 0 Å². The summed E-state index contributed by atoms with van der Waals surface area (Å²) in [7, 11) is 0. The van der Waals surface area contributed by atoms with Crippen molar-refractivity contribution in [1.29, 1.82) is 0 Å². The van der Waals surface area contributed by atoms with E-state index in [9.17, 15) is 9.90 Å². The number of aromatic carboxylic acids is 1. The van der Waals surface area contributed by atoms with Gasteiger partial charge in [-0.15, -0.1) is 0 Å². The van der Waals surface area contributed by atoms with Gasteiger partial charge in [0.1, 0.15) is 0 Å². The minimum atomic E-state index is -0.863. The van der Waals surface area contributed by atoms with Crippen molar-refractivity contribution in [3.63, 3.8) is 0 Å². The van der Waals surface area contributed by atoms with Gasteiger partial charge in [-0.2, -0.15) is 0 Å². The average Bonchev–Trinajstić information content (AvgIpc) is 2.57. The molecule has 0 amide bonds. The third-order valence-electron chi connectivity index (χ3n) is 4.71. The Hall–Kier alpha value is -2.13. The lowest BCUT2D eigenvalue weighted by Crippen LogP contribution is -2.32. The monoisotopic (exact) mass is 309 g/mol. The minimum Gasteiger partial charge on any atom is -0.478 e. The van der Waals surface area contributed by atoms with Crippen LogP contribution in [-0.4, -0.2) is 29.1 Å². The maximum atomic E-state index is 11.3. The van der Waals surface area contributed by atoms with Crippen LogP contribution in [0, 0.1) is 5.92 Å². The number of hydrogen-bond acceptors (Lipinski definition) is 2. The molecule has 3 heteroatoms. The lowest BCUT2D eigenvalue weighted by molar-refractivity contribution is 0.0696. The summed E-state index contributed by atoms with van der Waals surface area (Å²) in [4.78, 5) is 13.8. The van der Waals surface area contributed by atoms with Gasteiger partial charge in [0, 0.05) is 6.54 Å². The van der Waals surface area contributed by atoms with Crippen LogP contribution in [0.25, 0.3) is 11.1 Å². The van der Waals surface area contributed by atoms with Crippen molar-refractivity contribution in [2.45, 2.75) is 26.3 Å². The molecule has 120 valence electrons. The molecule has 0 radical (unpaired) electrons. The second kappa shape index (κ2) is 6.97. The number of carboxylic acids is 1. The fourth-order valence-electron chi connectivity index (χ4n) is 3.22. The van der Waals surface area contributed by atoms with Crippen molar-refractivity contribution >= 4 is 5.97 Å². The highest BCUT2D eigenvalue weighted by molar-refractivity contribution is 5.89. The van der Waals surface area contributed by atoms with Gasteiger partial charge in [0.05, 0.1) is 5.56 Å². The SMILES string of the molecule is CC1CCN(Cc2cc(C(=O)O)ccc2-c2ccccc2)CC1. The molecule has 0 aromatic heterocycles. The Morgan fingerprint density at radius 1 is 1.13 bits per heavy atom. The number of carboxylic acid groups (broad SMARTS) is 1. The van der Waals surface area contributed by atoms with Crippen LogP contribution in [0.2, 0.25) is 0 Å². The van der Waals surface area contributed by atoms with Gasteiger partial charge in [-0.3, -0.25) is 4.90 Å². The Morgan fingerprint density at radius 3 is 2.48 bits per heavy atom. The summed E-state index contributed by atoms with van der Waals surface area (Å²) >= 11 is 0. The molecule has 1 heterocycles. The Bertz CT molecular complexity index is 673. The molecule has 2 aromatic carbocycles. The van der Waals surface area contributed by atoms with Crippen molar-refractivity contribution in [3.05, 3.63) is 59.7 Å². The maximum Gasteiger partial charge on any atom is 0.335 e. The van der Waals surface area contributed by atoms with E-state index in [0.717, 1.165) is 42.2 Å². The van der Waals surface area contributed by atoms with E-state index in [2.05, 4.69) is 24.0 Å². The zero-order valence-electron chi connectivity index (χ0n) is 13.5. The van der Waals surface area contributed by atoms with Crippen molar-refractivity contribution < 1.29 is 9.90 Å². The largest absolute Gasteiger partial charge is 0.478 e. The van der Waals surface area contributed by atoms with Gasteiger partial charge in [0.2, 0.25) is 0 Å². The highest BCUT2D eigenvalue weighted by atomic mass is 16.4. The summed E-state index contributed by atoms with van der Waals surface area (Å²) in [6, 6.07) is 15.7. The first kappa shape index (κ1) is 15.8. The Labute approximate surface area is 137 Å². The highest BCUT2D eigenvalue weighted by Crippen LogP contribution is 2.27. The fraction of sp³-hybridized carbons (Fsp3) is 0.350. The van der Waals surface area contributed by atoms with E-state index in [1.165, 1.54) is 12.8 Å². The minimum absolute atomic E-state index is 0.366. The predicted molar refractivity (Wildman–Crippen MR) is 92.5 cm³/mol. The van der Waals surface area contributed by atoms with Crippen LogP contribution in [0.15, 0.2) is 48.5 Å². The first-order chi connectivity index (χ1) is 11.1. The van der Waals surface area contributed by atoms with E-state index in [1.807, 2.05) is 30.3 Å². The van der Waals surface area contributed by atoms with Gasteiger partial charge in [-0.1, -0.05) is 43.3 Å². The first-order valence-corrected chi connectivity index (χ1v) is 8.27. The van der Waals surface area contributed by atoms with E-state index in [4.69, 9.17) is 0 Å². The molecule has 0 saturated carbocycles. The molecule has 1 saturated heterocycles. The van der Waals surface area contributed by atoms with Gasteiger partial charge < -0.3 is 5.11 Å². The van der Waals surface area contributed by atoms with Crippen molar-refractivity contribution in [1.82, 2.24) is 4.90 Å². The number of nitrogens with zero attached hydrogens (tertiary/aromatic N) is 1. The molecule has 0 atom stereocenters. The van der Waals surface area contributed by atoms with Gasteiger partial charge in [-0.25, -0.2) is 4.79 Å². The zero-order chi connectivity index (χ0) is 16.2. The number of piperidine rings is 1. The van der Waals surface area contributed by atoms with Crippen LogP contribution in [0.1, 0.15) is 35.7 Å². The standard InChI is InChI=1S/C20H23NO2/c1-15-9-11-21(12-10-15)14-18-13-17(20(22)23)7-8-19(18)16-5-3-2-4-6-16/h2-8,13,15H,9-12,14H2,1H3,(H,22,23). The van der Waals surface area contributed by atoms with Crippen LogP contribution >= 0.6 is 0 Å². The third kappa shape index (κ3) is 3.80. The van der Waals surface area contributed by atoms with E-state index in [0.29, 0.717) is 5.56 Å². The lowest BCUT2D eigenvalue weighted by Gasteiger charge is -2.30. The molecule has 0 unspecified atom stereocenters. The second-order valence-electron chi connectivity index (χ2n) is 6.50. The van der Waals surface area contributed by atoms with Crippen LogP contribution < -0.4 is 0 Å². The third-order valence-corrected chi connectivity index (χ3v) is 4.71. The van der Waals surface area contributed by atoms with Crippen molar-refractivity contribution in [2.24, 2.45) is 5.92 Å². The summed E-state index contributed by atoms with van der Waals surface area (Å²) in [5.41, 5.74) is 3.75. The molecular formula is C20H23NO2. The van der Waals surface area contributed by atoms with Gasteiger partial charge in [-0.05, 0) is 60.7 Å². The van der Waals surface area contributed by atoms with Crippen molar-refractivity contribution in [3.8, 4) is 11.1 Å². The van der Waals surface area contributed by atoms with Gasteiger partial charge >= 0.3 is 5.97 Å². The molecule has 1 aliphatic rings. The number of rotatable bonds is 4. The van der Waals surface area contributed by atoms with E-state index in [1.54, 1.807) is 6.07 Å². The maximum absolute atomic E-state index is 11.3. The number of carbonyl (C=O) groups is 1. The van der Waals surface area contributed by atoms with Crippen molar-refractivity contribution in [2.75, 3.05) is 13.1 Å². The van der Waals surface area contributed by atoms with Crippen LogP contribution in [0.4, 0.5) is 0 Å². The molecule has 3 nitrogen and oxygen atoms in total. The van der Waals surface area contributed by atoms with E-state index < -0.39 is 5.97 Å². The molecule has 0 spiro atoms. The van der Waals surface area contributed by atoms with Gasteiger partial charge in [0.25, 0.3) is 0 Å². The summed E-state index contributed by atoms with van der Waals surface area (Å²) in [6.07, 6.45) is 2.44. The summed E-state index contributed by atoms with van der Waals surface area (Å²) < 4.78 is 0. The predicted octanol–water partition coefficient (Wildman–Crippen LogP) is 4.28. The van der Waals surface area contributed by atoms with Crippen LogP contribution in [0.3, 0.4) is 0 Å². The molecule has 2 aromatic rings. The first-order valence-electron chi connectivity index (χ1n) is 8.27. The lowest BCUT2D eigenvalue weighted by atomic mass is 9.95. The summed E-state index contributed by atoms with van der Waals surface area (Å²) in [6.45, 7) is 5.30. The molecule has 0 aliphatic carbocycles. The molecule has 23 heavy (non-hydrogen) atoms. The quantitative estimate of drug-likeness (QED) is 0.916. The molecule has 1 N–H and O–H groups in total. The molecule has 0 bridgehead atoms. The fourth-order valence-corrected chi connectivity index (χ4v) is 3.22. The zero-order valence-corrected chi connectivity index (χ0v) is 13.5. The van der Waals surface area contributed by atoms with Crippen LogP contribution in [-0.2, 0) is 6.54 Å². The number of benzene rings is 2. The molecule has 3 rings (SSSR count). The Kier molecular flexibility index (Phi) is 4.77. The Morgan fingerprint density at radius 2 is 1.83 bits per heavy atom. The average molecular weight is 309 g/mol. The molecular weight excluding hydrogens is 286 g/mol. The normalized spacial score (nSPS) is 16.4. The summed E-state index contributed by atoms with van der Waals surface area (Å²) in [5.74, 6) is -0.0664. The number of likely N-dealkylation sites (tertiary alicyclic amines) is 1. The molecule has 1 aliphatic heterocycles. The second-order valence-corrected chi connectivity index (χ2v) is 6.50.